The van der Waals surface area contributed by atoms with Crippen LogP contribution >= 0.6 is 11.6 Å². The number of aryl methyl sites for hydroxylation is 1. The molecule has 0 aliphatic rings. The average Bonchev–Trinajstić information content (AvgIpc) is 2.13. The third kappa shape index (κ3) is 1.79. The van der Waals surface area contributed by atoms with E-state index < -0.39 is 0 Å². The van der Waals surface area contributed by atoms with E-state index in [1.165, 1.54) is 0 Å². The summed E-state index contributed by atoms with van der Waals surface area (Å²) in [6, 6.07) is 1.89. The van der Waals surface area contributed by atoms with Gasteiger partial charge in [0.1, 0.15) is 5.75 Å². The minimum Gasteiger partial charge on any atom is -0.495 e. The summed E-state index contributed by atoms with van der Waals surface area (Å²) in [6.45, 7) is 3.84. The highest BCUT2D eigenvalue weighted by atomic mass is 35.5. The summed E-state index contributed by atoms with van der Waals surface area (Å²) in [5.74, 6) is 0.576. The second-order valence-corrected chi connectivity index (χ2v) is 3.36. The zero-order chi connectivity index (χ0) is 10.0. The molecule has 0 unspecified atom stereocenters. The smallest absolute Gasteiger partial charge is 0.143 e. The summed E-state index contributed by atoms with van der Waals surface area (Å²) in [6.07, 6.45) is 0. The van der Waals surface area contributed by atoms with Crippen molar-refractivity contribution in [2.24, 2.45) is 0 Å². The molecule has 0 aromatic heterocycles. The van der Waals surface area contributed by atoms with Crippen LogP contribution in [0.3, 0.4) is 0 Å². The summed E-state index contributed by atoms with van der Waals surface area (Å²) in [5.41, 5.74) is 2.79. The summed E-state index contributed by atoms with van der Waals surface area (Å²) < 4.78 is 5.11. The van der Waals surface area contributed by atoms with E-state index in [9.17, 15) is 0 Å². The Morgan fingerprint density at radius 1 is 1.46 bits per heavy atom. The van der Waals surface area contributed by atoms with Crippen LogP contribution in [0.1, 0.15) is 16.7 Å². The van der Waals surface area contributed by atoms with Crippen LogP contribution in [0.4, 0.5) is 0 Å². The summed E-state index contributed by atoms with van der Waals surface area (Å²) in [4.78, 5) is 0. The lowest BCUT2D eigenvalue weighted by Gasteiger charge is -2.12. The van der Waals surface area contributed by atoms with Crippen molar-refractivity contribution in [1.29, 1.82) is 0 Å². The van der Waals surface area contributed by atoms with Gasteiger partial charge in [-0.25, -0.2) is 0 Å². The fraction of sp³-hybridized carbons (Fsp3) is 0.400. The highest BCUT2D eigenvalue weighted by Gasteiger charge is 2.11. The van der Waals surface area contributed by atoms with Crippen LogP contribution in [0.25, 0.3) is 0 Å². The Kier molecular flexibility index (Phi) is 3.17. The molecule has 0 aliphatic carbocycles. The van der Waals surface area contributed by atoms with Crippen molar-refractivity contribution in [1.82, 2.24) is 0 Å². The molecule has 0 fully saturated rings. The summed E-state index contributed by atoms with van der Waals surface area (Å²) in [5, 5.41) is 9.64. The van der Waals surface area contributed by atoms with Crippen molar-refractivity contribution in [2.75, 3.05) is 7.11 Å². The quantitative estimate of drug-likeness (QED) is 0.795. The van der Waals surface area contributed by atoms with E-state index in [0.29, 0.717) is 10.8 Å². The van der Waals surface area contributed by atoms with Crippen molar-refractivity contribution in [3.63, 3.8) is 0 Å². The fourth-order valence-electron chi connectivity index (χ4n) is 1.26. The molecular weight excluding hydrogens is 188 g/mol. The lowest BCUT2D eigenvalue weighted by Crippen LogP contribution is -1.96. The first-order valence-electron chi connectivity index (χ1n) is 4.05. The van der Waals surface area contributed by atoms with Gasteiger partial charge in [-0.05, 0) is 31.0 Å². The largest absolute Gasteiger partial charge is 0.495 e. The van der Waals surface area contributed by atoms with Gasteiger partial charge in [-0.2, -0.15) is 0 Å². The van der Waals surface area contributed by atoms with Crippen LogP contribution in [0.15, 0.2) is 6.07 Å². The van der Waals surface area contributed by atoms with E-state index in [2.05, 4.69) is 0 Å². The number of aliphatic hydroxyl groups excluding tert-OH is 1. The molecule has 1 N–H and O–H groups in total. The Morgan fingerprint density at radius 3 is 2.54 bits per heavy atom. The van der Waals surface area contributed by atoms with Gasteiger partial charge in [-0.1, -0.05) is 11.6 Å². The minimum absolute atomic E-state index is 0.0516. The number of methoxy groups -OCH3 is 1. The summed E-state index contributed by atoms with van der Waals surface area (Å²) in [7, 11) is 1.55. The normalized spacial score (nSPS) is 10.2. The van der Waals surface area contributed by atoms with E-state index in [0.717, 1.165) is 16.7 Å². The van der Waals surface area contributed by atoms with Gasteiger partial charge < -0.3 is 9.84 Å². The lowest BCUT2D eigenvalue weighted by molar-refractivity contribution is 0.273. The highest BCUT2D eigenvalue weighted by molar-refractivity contribution is 6.33. The first-order chi connectivity index (χ1) is 6.11. The number of aliphatic hydroxyl groups is 1. The van der Waals surface area contributed by atoms with E-state index >= 15 is 0 Å². The van der Waals surface area contributed by atoms with Crippen molar-refractivity contribution in [3.8, 4) is 5.75 Å². The zero-order valence-electron chi connectivity index (χ0n) is 8.02. The van der Waals surface area contributed by atoms with Crippen molar-refractivity contribution in [3.05, 3.63) is 27.8 Å². The third-order valence-electron chi connectivity index (χ3n) is 2.18. The standard InChI is InChI=1S/C10H13ClO2/c1-6-4-8(5-12)10(13-3)9(11)7(6)2/h4,12H,5H2,1-3H3. The van der Waals surface area contributed by atoms with E-state index in [1.807, 2.05) is 19.9 Å². The Bertz CT molecular complexity index is 321. The highest BCUT2D eigenvalue weighted by Crippen LogP contribution is 2.33. The molecule has 0 atom stereocenters. The third-order valence-corrected chi connectivity index (χ3v) is 2.63. The number of hydrogen-bond donors (Lipinski definition) is 1. The first kappa shape index (κ1) is 10.4. The van der Waals surface area contributed by atoms with Crippen molar-refractivity contribution in [2.45, 2.75) is 20.5 Å². The van der Waals surface area contributed by atoms with E-state index in [1.54, 1.807) is 7.11 Å². The molecule has 72 valence electrons. The molecule has 0 radical (unpaired) electrons. The van der Waals surface area contributed by atoms with Gasteiger partial charge in [0.05, 0.1) is 18.7 Å². The SMILES string of the molecule is COc1c(CO)cc(C)c(C)c1Cl. The molecule has 0 bridgehead atoms. The van der Waals surface area contributed by atoms with Crippen LogP contribution in [0.2, 0.25) is 5.02 Å². The Labute approximate surface area is 83.1 Å². The molecule has 2 nitrogen and oxygen atoms in total. The zero-order valence-corrected chi connectivity index (χ0v) is 8.77. The monoisotopic (exact) mass is 200 g/mol. The van der Waals surface area contributed by atoms with Gasteiger partial charge in [-0.3, -0.25) is 0 Å². The number of rotatable bonds is 2. The van der Waals surface area contributed by atoms with E-state index in [4.69, 9.17) is 21.4 Å². The number of hydrogen-bond acceptors (Lipinski definition) is 2. The van der Waals surface area contributed by atoms with Crippen LogP contribution in [-0.2, 0) is 6.61 Å². The molecule has 1 aromatic rings. The second-order valence-electron chi connectivity index (χ2n) is 2.98. The van der Waals surface area contributed by atoms with Crippen LogP contribution in [0.5, 0.6) is 5.75 Å². The molecule has 0 saturated heterocycles. The molecule has 0 aliphatic heterocycles. The van der Waals surface area contributed by atoms with Crippen molar-refractivity contribution < 1.29 is 9.84 Å². The molecule has 0 spiro atoms. The Balaban J connectivity index is 3.39. The van der Waals surface area contributed by atoms with Gasteiger partial charge in [0, 0.05) is 5.56 Å². The molecule has 1 rings (SSSR count). The van der Waals surface area contributed by atoms with Crippen LogP contribution in [0, 0.1) is 13.8 Å². The molecule has 3 heteroatoms. The van der Waals surface area contributed by atoms with Crippen LogP contribution < -0.4 is 4.74 Å². The number of ether oxygens (including phenoxy) is 1. The fourth-order valence-corrected chi connectivity index (χ4v) is 1.61. The Hall–Kier alpha value is -0.730. The van der Waals surface area contributed by atoms with Crippen LogP contribution in [-0.4, -0.2) is 12.2 Å². The maximum absolute atomic E-state index is 9.05. The first-order valence-corrected chi connectivity index (χ1v) is 4.43. The molecule has 0 saturated carbocycles. The predicted octanol–water partition coefficient (Wildman–Crippen LogP) is 2.46. The van der Waals surface area contributed by atoms with Crippen molar-refractivity contribution >= 4 is 11.6 Å². The van der Waals surface area contributed by atoms with Gasteiger partial charge >= 0.3 is 0 Å². The second kappa shape index (κ2) is 3.99. The molecule has 13 heavy (non-hydrogen) atoms. The molecule has 1 aromatic carbocycles. The predicted molar refractivity (Wildman–Crippen MR) is 53.4 cm³/mol. The Morgan fingerprint density at radius 2 is 2.08 bits per heavy atom. The molecule has 0 amide bonds. The maximum Gasteiger partial charge on any atom is 0.143 e. The number of benzene rings is 1. The molecule has 0 heterocycles. The average molecular weight is 201 g/mol. The minimum atomic E-state index is -0.0516. The lowest BCUT2D eigenvalue weighted by atomic mass is 10.1. The van der Waals surface area contributed by atoms with Gasteiger partial charge in [0.15, 0.2) is 0 Å². The van der Waals surface area contributed by atoms with Gasteiger partial charge in [-0.15, -0.1) is 0 Å². The topological polar surface area (TPSA) is 29.5 Å². The summed E-state index contributed by atoms with van der Waals surface area (Å²) >= 11 is 6.05. The van der Waals surface area contributed by atoms with E-state index in [-0.39, 0.29) is 6.61 Å². The maximum atomic E-state index is 9.05. The van der Waals surface area contributed by atoms with Gasteiger partial charge in [0.25, 0.3) is 0 Å². The molecular formula is C10H13ClO2. The van der Waals surface area contributed by atoms with Gasteiger partial charge in [0.2, 0.25) is 0 Å². The number of halogens is 1.